The van der Waals surface area contributed by atoms with Gasteiger partial charge in [-0.2, -0.15) is 0 Å². The van der Waals surface area contributed by atoms with E-state index in [1.54, 1.807) is 19.2 Å². The van der Waals surface area contributed by atoms with Gasteiger partial charge in [-0.05, 0) is 56.2 Å². The Morgan fingerprint density at radius 1 is 1.20 bits per heavy atom. The van der Waals surface area contributed by atoms with Crippen LogP contribution in [0.15, 0.2) is 43.5 Å². The summed E-state index contributed by atoms with van der Waals surface area (Å²) in [6.07, 6.45) is 7.73. The summed E-state index contributed by atoms with van der Waals surface area (Å²) in [6, 6.07) is 1.59. The molecule has 1 aromatic carbocycles. The molecular formula is C31H47F2N3O4. The molecule has 0 aliphatic heterocycles. The Kier molecular flexibility index (Phi) is 14.5. The van der Waals surface area contributed by atoms with Gasteiger partial charge in [0.25, 0.3) is 0 Å². The third kappa shape index (κ3) is 10.7. The number of aliphatic hydroxyl groups excluding tert-OH is 1. The first-order valence-corrected chi connectivity index (χ1v) is 14.4. The van der Waals surface area contributed by atoms with Crippen LogP contribution in [0.3, 0.4) is 0 Å². The van der Waals surface area contributed by atoms with E-state index in [2.05, 4.69) is 30.7 Å². The van der Waals surface area contributed by atoms with Crippen LogP contribution in [0.5, 0.6) is 0 Å². The highest BCUT2D eigenvalue weighted by Gasteiger charge is 2.32. The molecule has 1 aromatic rings. The number of halogens is 2. The summed E-state index contributed by atoms with van der Waals surface area (Å²) < 4.78 is 33.6. The SMILES string of the molecule is C=CCO[C@@H]1CC[C@H](NC[C@@H](O)[C@H](Cc2cc(F)cc(F)c2)NC(=O)[C@H](CC=C)N(C)C(=O)[C@@H](C)CCCC)C1. The van der Waals surface area contributed by atoms with Crippen LogP contribution in [0, 0.1) is 17.6 Å². The van der Waals surface area contributed by atoms with Gasteiger partial charge in [-0.1, -0.05) is 38.8 Å². The van der Waals surface area contributed by atoms with Gasteiger partial charge in [0.15, 0.2) is 0 Å². The standard InChI is InChI=1S/C31H47F2N3O4/c1-6-9-11-21(4)31(39)36(5)28(10-7-2)30(38)35-27(17-22-15-23(32)18-24(33)16-22)29(37)20-34-25-12-13-26(19-25)40-14-8-3/h7-8,15-16,18,21,25-29,34,37H,2-3,6,9-14,17,19-20H2,1,4-5H3,(H,35,38)/t21-,25-,26+,27-,28-,29+/m0/s1. The van der Waals surface area contributed by atoms with Gasteiger partial charge < -0.3 is 25.4 Å². The van der Waals surface area contributed by atoms with Crippen molar-refractivity contribution in [1.29, 1.82) is 0 Å². The fourth-order valence-electron chi connectivity index (χ4n) is 5.19. The molecule has 2 rings (SSSR count). The van der Waals surface area contributed by atoms with Crippen molar-refractivity contribution >= 4 is 11.8 Å². The maximum Gasteiger partial charge on any atom is 0.243 e. The minimum atomic E-state index is -1.06. The number of nitrogens with zero attached hydrogens (tertiary/aromatic N) is 1. The Bertz CT molecular complexity index is 956. The molecule has 1 fully saturated rings. The third-order valence-electron chi connectivity index (χ3n) is 7.54. The molecule has 7 nitrogen and oxygen atoms in total. The van der Waals surface area contributed by atoms with Crippen LogP contribution in [0.2, 0.25) is 0 Å². The van der Waals surface area contributed by atoms with E-state index in [0.717, 1.165) is 44.6 Å². The molecule has 0 saturated heterocycles. The van der Waals surface area contributed by atoms with Gasteiger partial charge in [-0.15, -0.1) is 13.2 Å². The molecule has 0 aromatic heterocycles. The van der Waals surface area contributed by atoms with Crippen LogP contribution < -0.4 is 10.6 Å². The number of amides is 2. The van der Waals surface area contributed by atoms with Gasteiger partial charge in [0, 0.05) is 31.6 Å². The number of benzene rings is 1. The number of unbranched alkanes of at least 4 members (excludes halogenated alkanes) is 1. The maximum absolute atomic E-state index is 13.9. The van der Waals surface area contributed by atoms with E-state index in [-0.39, 0.29) is 43.4 Å². The van der Waals surface area contributed by atoms with Crippen molar-refractivity contribution in [3.8, 4) is 0 Å². The van der Waals surface area contributed by atoms with Crippen LogP contribution in [-0.2, 0) is 20.7 Å². The number of likely N-dealkylation sites (N-methyl/N-ethyl adjacent to an activating group) is 1. The molecule has 1 saturated carbocycles. The van der Waals surface area contributed by atoms with Gasteiger partial charge in [0.1, 0.15) is 17.7 Å². The van der Waals surface area contributed by atoms with Crippen LogP contribution in [0.25, 0.3) is 0 Å². The van der Waals surface area contributed by atoms with E-state index in [9.17, 15) is 23.5 Å². The summed E-state index contributed by atoms with van der Waals surface area (Å²) in [5.41, 5.74) is 0.304. The summed E-state index contributed by atoms with van der Waals surface area (Å²) >= 11 is 0. The second-order valence-corrected chi connectivity index (χ2v) is 10.9. The molecule has 6 atom stereocenters. The monoisotopic (exact) mass is 563 g/mol. The molecular weight excluding hydrogens is 516 g/mol. The van der Waals surface area contributed by atoms with Crippen molar-refractivity contribution in [2.45, 2.75) is 95.5 Å². The highest BCUT2D eigenvalue weighted by atomic mass is 19.1. The summed E-state index contributed by atoms with van der Waals surface area (Å²) in [5, 5.41) is 17.4. The summed E-state index contributed by atoms with van der Waals surface area (Å²) in [7, 11) is 1.60. The number of hydrogen-bond donors (Lipinski definition) is 3. The molecule has 9 heteroatoms. The summed E-state index contributed by atoms with van der Waals surface area (Å²) in [6.45, 7) is 12.0. The number of carbonyl (C=O) groups is 2. The largest absolute Gasteiger partial charge is 0.390 e. The van der Waals surface area contributed by atoms with Crippen LogP contribution in [0.1, 0.15) is 64.4 Å². The quantitative estimate of drug-likeness (QED) is 0.232. The van der Waals surface area contributed by atoms with E-state index < -0.39 is 35.7 Å². The fourth-order valence-corrected chi connectivity index (χ4v) is 5.19. The molecule has 224 valence electrons. The average Bonchev–Trinajstić information content (AvgIpc) is 3.38. The number of carbonyl (C=O) groups excluding carboxylic acids is 2. The zero-order valence-corrected chi connectivity index (χ0v) is 24.2. The molecule has 1 aliphatic rings. The Morgan fingerprint density at radius 3 is 2.52 bits per heavy atom. The van der Waals surface area contributed by atoms with E-state index in [4.69, 9.17) is 4.74 Å². The Hall–Kier alpha value is -2.62. The van der Waals surface area contributed by atoms with Crippen molar-refractivity contribution in [2.75, 3.05) is 20.2 Å². The normalized spacial score (nSPS) is 19.9. The van der Waals surface area contributed by atoms with E-state index >= 15 is 0 Å². The molecule has 2 amide bonds. The third-order valence-corrected chi connectivity index (χ3v) is 7.54. The van der Waals surface area contributed by atoms with Gasteiger partial charge in [-0.25, -0.2) is 8.78 Å². The zero-order valence-electron chi connectivity index (χ0n) is 24.2. The molecule has 0 spiro atoms. The summed E-state index contributed by atoms with van der Waals surface area (Å²) in [4.78, 5) is 28.0. The van der Waals surface area contributed by atoms with Crippen LogP contribution in [-0.4, -0.2) is 72.4 Å². The molecule has 0 unspecified atom stereocenters. The molecule has 3 N–H and O–H groups in total. The highest BCUT2D eigenvalue weighted by molar-refractivity contribution is 5.88. The lowest BCUT2D eigenvalue weighted by Gasteiger charge is -2.32. The number of aliphatic hydroxyl groups is 1. The Balaban J connectivity index is 2.15. The molecule has 40 heavy (non-hydrogen) atoms. The number of ether oxygens (including phenoxy) is 1. The highest BCUT2D eigenvalue weighted by Crippen LogP contribution is 2.22. The molecule has 0 bridgehead atoms. The Morgan fingerprint density at radius 2 is 1.90 bits per heavy atom. The van der Waals surface area contributed by atoms with E-state index in [0.29, 0.717) is 12.2 Å². The van der Waals surface area contributed by atoms with Crippen molar-refractivity contribution in [3.63, 3.8) is 0 Å². The minimum absolute atomic E-state index is 0.00434. The maximum atomic E-state index is 13.9. The van der Waals surface area contributed by atoms with Crippen molar-refractivity contribution in [2.24, 2.45) is 5.92 Å². The number of hydrogen-bond acceptors (Lipinski definition) is 5. The lowest BCUT2D eigenvalue weighted by Crippen LogP contribution is -2.55. The number of nitrogens with one attached hydrogen (secondary N) is 2. The van der Waals surface area contributed by atoms with E-state index in [1.807, 2.05) is 6.92 Å². The van der Waals surface area contributed by atoms with Crippen molar-refractivity contribution in [1.82, 2.24) is 15.5 Å². The first-order chi connectivity index (χ1) is 19.1. The molecule has 0 radical (unpaired) electrons. The topological polar surface area (TPSA) is 90.9 Å². The van der Waals surface area contributed by atoms with Gasteiger partial charge >= 0.3 is 0 Å². The van der Waals surface area contributed by atoms with Crippen molar-refractivity contribution < 1.29 is 28.2 Å². The smallest absolute Gasteiger partial charge is 0.243 e. The first-order valence-electron chi connectivity index (χ1n) is 14.4. The second kappa shape index (κ2) is 17.3. The lowest BCUT2D eigenvalue weighted by atomic mass is 9.98. The van der Waals surface area contributed by atoms with Gasteiger partial charge in [0.05, 0.1) is 24.9 Å². The fraction of sp³-hybridized carbons (Fsp3) is 0.613. The van der Waals surface area contributed by atoms with Crippen molar-refractivity contribution in [3.05, 3.63) is 60.7 Å². The van der Waals surface area contributed by atoms with Gasteiger partial charge in [-0.3, -0.25) is 9.59 Å². The first kappa shape index (κ1) is 33.6. The zero-order chi connectivity index (χ0) is 29.7. The predicted octanol–water partition coefficient (Wildman–Crippen LogP) is 4.30. The average molecular weight is 564 g/mol. The second-order valence-electron chi connectivity index (χ2n) is 10.9. The van der Waals surface area contributed by atoms with Crippen LogP contribution in [0.4, 0.5) is 8.78 Å². The molecule has 1 aliphatic carbocycles. The van der Waals surface area contributed by atoms with E-state index in [1.165, 1.54) is 17.0 Å². The lowest BCUT2D eigenvalue weighted by molar-refractivity contribution is -0.142. The Labute approximate surface area is 238 Å². The van der Waals surface area contributed by atoms with Gasteiger partial charge in [0.2, 0.25) is 11.8 Å². The molecule has 0 heterocycles. The minimum Gasteiger partial charge on any atom is -0.390 e. The predicted molar refractivity (Wildman–Crippen MR) is 154 cm³/mol. The summed E-state index contributed by atoms with van der Waals surface area (Å²) in [5.74, 6) is -2.31. The van der Waals surface area contributed by atoms with Crippen LogP contribution >= 0.6 is 0 Å². The number of rotatable bonds is 18.